The van der Waals surface area contributed by atoms with E-state index in [1.54, 1.807) is 0 Å². The number of hydrogen-bond donors (Lipinski definition) is 5. The lowest BCUT2D eigenvalue weighted by Crippen LogP contribution is -2.48. The summed E-state index contributed by atoms with van der Waals surface area (Å²) in [6.07, 6.45) is 1.01. The zero-order valence-electron chi connectivity index (χ0n) is 13.9. The van der Waals surface area contributed by atoms with Gasteiger partial charge < -0.3 is 30.9 Å². The number of amides is 1. The van der Waals surface area contributed by atoms with Crippen molar-refractivity contribution in [3.63, 3.8) is 0 Å². The van der Waals surface area contributed by atoms with E-state index >= 15 is 0 Å². The zero-order valence-corrected chi connectivity index (χ0v) is 13.9. The van der Waals surface area contributed by atoms with E-state index in [2.05, 4.69) is 10.3 Å². The van der Waals surface area contributed by atoms with Crippen molar-refractivity contribution in [3.8, 4) is 5.75 Å². The van der Waals surface area contributed by atoms with Crippen LogP contribution in [0.2, 0.25) is 0 Å². The molecule has 1 aromatic heterocycles. The fraction of sp³-hybridized carbons (Fsp3) is 0.125. The van der Waals surface area contributed by atoms with E-state index in [-0.39, 0.29) is 41.2 Å². The third-order valence-corrected chi connectivity index (χ3v) is 3.66. The number of nitrogens with zero attached hydrogens (tertiary/aromatic N) is 1. The molecule has 2 aromatic rings. The van der Waals surface area contributed by atoms with Crippen LogP contribution >= 0.6 is 0 Å². The van der Waals surface area contributed by atoms with Crippen LogP contribution in [0.25, 0.3) is 0 Å². The Balaban J connectivity index is 2.27. The molecule has 0 radical (unpaired) electrons. The summed E-state index contributed by atoms with van der Waals surface area (Å²) in [4.78, 5) is 38.0. The van der Waals surface area contributed by atoms with Gasteiger partial charge in [-0.15, -0.1) is 0 Å². The fourth-order valence-corrected chi connectivity index (χ4v) is 2.36. The van der Waals surface area contributed by atoms with Crippen molar-refractivity contribution < 1.29 is 34.3 Å². The maximum absolute atomic E-state index is 12.3. The molecule has 1 atom stereocenters. The standard InChI is InChI=1S/C16H16BN3O7/c18-13-5-4-10(7-19-13)15(22)20-12(17(25)26)6-9-2-1-3-11(16(23)24)14(9)27-8-21/h1-5,7-8,12,25-26H,6H2,(H2,18,19)(H,20,22)(H,23,24). The number of carboxylic acid groups (broad SMARTS) is 1. The Hall–Kier alpha value is -3.44. The van der Waals surface area contributed by atoms with Crippen molar-refractivity contribution >= 4 is 31.3 Å². The molecule has 0 bridgehead atoms. The molecule has 11 heteroatoms. The molecule has 10 nitrogen and oxygen atoms in total. The minimum Gasteiger partial charge on any atom is -0.478 e. The van der Waals surface area contributed by atoms with Crippen LogP contribution in [0, 0.1) is 0 Å². The molecule has 6 N–H and O–H groups in total. The van der Waals surface area contributed by atoms with Gasteiger partial charge in [0.25, 0.3) is 12.4 Å². The molecule has 0 spiro atoms. The number of anilines is 1. The zero-order chi connectivity index (χ0) is 20.0. The predicted octanol–water partition coefficient (Wildman–Crippen LogP) is -0.750. The number of rotatable bonds is 8. The van der Waals surface area contributed by atoms with Gasteiger partial charge in [0, 0.05) is 6.20 Å². The fourth-order valence-electron chi connectivity index (χ4n) is 2.36. The normalized spacial score (nSPS) is 11.3. The summed E-state index contributed by atoms with van der Waals surface area (Å²) in [6, 6.07) is 6.89. The highest BCUT2D eigenvalue weighted by Crippen LogP contribution is 2.25. The lowest BCUT2D eigenvalue weighted by Gasteiger charge is -2.19. The number of pyridine rings is 1. The first-order valence-electron chi connectivity index (χ1n) is 7.67. The molecule has 0 saturated heterocycles. The number of carbonyl (C=O) groups is 3. The van der Waals surface area contributed by atoms with Gasteiger partial charge >= 0.3 is 13.1 Å². The molecule has 1 aromatic carbocycles. The van der Waals surface area contributed by atoms with Gasteiger partial charge in [0.15, 0.2) is 0 Å². The first-order valence-corrected chi connectivity index (χ1v) is 7.67. The lowest BCUT2D eigenvalue weighted by atomic mass is 9.75. The monoisotopic (exact) mass is 373 g/mol. The van der Waals surface area contributed by atoms with Crippen LogP contribution in [0.15, 0.2) is 36.5 Å². The lowest BCUT2D eigenvalue weighted by molar-refractivity contribution is -0.120. The van der Waals surface area contributed by atoms with E-state index in [9.17, 15) is 29.5 Å². The van der Waals surface area contributed by atoms with Crippen molar-refractivity contribution in [2.24, 2.45) is 0 Å². The van der Waals surface area contributed by atoms with E-state index in [0.717, 1.165) is 0 Å². The molecule has 0 saturated carbocycles. The van der Waals surface area contributed by atoms with Gasteiger partial charge in [-0.25, -0.2) is 9.78 Å². The Kier molecular flexibility index (Phi) is 6.47. The summed E-state index contributed by atoms with van der Waals surface area (Å²) in [5.74, 6) is -3.21. The number of carboxylic acids is 1. The van der Waals surface area contributed by atoms with E-state index in [1.165, 1.54) is 36.5 Å². The molecule has 1 unspecified atom stereocenters. The van der Waals surface area contributed by atoms with Crippen LogP contribution in [0.1, 0.15) is 26.3 Å². The molecule has 27 heavy (non-hydrogen) atoms. The Morgan fingerprint density at radius 3 is 2.59 bits per heavy atom. The summed E-state index contributed by atoms with van der Waals surface area (Å²) in [5, 5.41) is 30.8. The van der Waals surface area contributed by atoms with Crippen molar-refractivity contribution in [2.75, 3.05) is 5.73 Å². The second kappa shape index (κ2) is 8.78. The molecule has 0 fully saturated rings. The highest BCUT2D eigenvalue weighted by molar-refractivity contribution is 6.43. The second-order valence-electron chi connectivity index (χ2n) is 5.48. The Labute approximate surface area is 153 Å². The maximum Gasteiger partial charge on any atom is 0.475 e. The van der Waals surface area contributed by atoms with Crippen LogP contribution < -0.4 is 15.8 Å². The summed E-state index contributed by atoms with van der Waals surface area (Å²) in [7, 11) is -1.96. The van der Waals surface area contributed by atoms with Gasteiger partial charge in [0.1, 0.15) is 17.1 Å². The summed E-state index contributed by atoms with van der Waals surface area (Å²) < 4.78 is 4.75. The topological polar surface area (TPSA) is 172 Å². The number of hydrogen-bond acceptors (Lipinski definition) is 8. The van der Waals surface area contributed by atoms with Gasteiger partial charge in [-0.2, -0.15) is 0 Å². The summed E-state index contributed by atoms with van der Waals surface area (Å²) >= 11 is 0. The molecule has 1 amide bonds. The summed E-state index contributed by atoms with van der Waals surface area (Å²) in [5.41, 5.74) is 5.50. The molecule has 0 aliphatic rings. The molecule has 140 valence electrons. The third kappa shape index (κ3) is 5.03. The highest BCUT2D eigenvalue weighted by atomic mass is 16.5. The van der Waals surface area contributed by atoms with Crippen molar-refractivity contribution in [2.45, 2.75) is 12.4 Å². The van der Waals surface area contributed by atoms with Crippen LogP contribution in [0.5, 0.6) is 5.75 Å². The average molecular weight is 373 g/mol. The largest absolute Gasteiger partial charge is 0.478 e. The second-order valence-corrected chi connectivity index (χ2v) is 5.48. The SMILES string of the molecule is Nc1ccc(C(=O)NC(Cc2cccc(C(=O)O)c2OC=O)B(O)O)cn1. The number of para-hydroxylation sites is 1. The smallest absolute Gasteiger partial charge is 0.475 e. The predicted molar refractivity (Wildman–Crippen MR) is 93.9 cm³/mol. The van der Waals surface area contributed by atoms with Gasteiger partial charge in [-0.1, -0.05) is 12.1 Å². The van der Waals surface area contributed by atoms with Gasteiger partial charge in [-0.05, 0) is 30.2 Å². The van der Waals surface area contributed by atoms with Crippen molar-refractivity contribution in [3.05, 3.63) is 53.2 Å². The van der Waals surface area contributed by atoms with E-state index in [4.69, 9.17) is 10.5 Å². The number of aromatic nitrogens is 1. The molecule has 1 heterocycles. The van der Waals surface area contributed by atoms with Crippen LogP contribution in [0.3, 0.4) is 0 Å². The molecule has 0 aliphatic heterocycles. The Morgan fingerprint density at radius 2 is 2.04 bits per heavy atom. The van der Waals surface area contributed by atoms with E-state index < -0.39 is 24.9 Å². The number of benzene rings is 1. The van der Waals surface area contributed by atoms with E-state index in [0.29, 0.717) is 0 Å². The van der Waals surface area contributed by atoms with Gasteiger partial charge in [0.05, 0.1) is 11.5 Å². The van der Waals surface area contributed by atoms with Crippen LogP contribution in [0.4, 0.5) is 5.82 Å². The molecule has 0 aliphatic carbocycles. The maximum atomic E-state index is 12.3. The van der Waals surface area contributed by atoms with Crippen molar-refractivity contribution in [1.82, 2.24) is 10.3 Å². The molecular weight excluding hydrogens is 357 g/mol. The van der Waals surface area contributed by atoms with Crippen LogP contribution in [-0.2, 0) is 11.2 Å². The number of nitrogens with one attached hydrogen (secondary N) is 1. The van der Waals surface area contributed by atoms with Gasteiger partial charge in [0.2, 0.25) is 0 Å². The highest BCUT2D eigenvalue weighted by Gasteiger charge is 2.28. The number of nitrogen functional groups attached to an aromatic ring is 1. The number of ether oxygens (including phenoxy) is 1. The quantitative estimate of drug-likeness (QED) is 0.295. The number of carbonyl (C=O) groups excluding carboxylic acids is 2. The minimum atomic E-state index is -1.96. The Bertz CT molecular complexity index is 842. The third-order valence-electron chi connectivity index (χ3n) is 3.66. The minimum absolute atomic E-state index is 0.0638. The first-order chi connectivity index (χ1) is 12.8. The van der Waals surface area contributed by atoms with Crippen LogP contribution in [-0.4, -0.2) is 51.5 Å². The number of nitrogens with two attached hydrogens (primary N) is 1. The summed E-state index contributed by atoms with van der Waals surface area (Å²) in [6.45, 7) is 0.0638. The first kappa shape index (κ1) is 19.9. The van der Waals surface area contributed by atoms with E-state index in [1.807, 2.05) is 0 Å². The van der Waals surface area contributed by atoms with Gasteiger partial charge in [-0.3, -0.25) is 9.59 Å². The average Bonchev–Trinajstić information content (AvgIpc) is 2.62. The molecule has 2 rings (SSSR count). The number of aromatic carboxylic acids is 1. The van der Waals surface area contributed by atoms with Crippen molar-refractivity contribution in [1.29, 1.82) is 0 Å². The Morgan fingerprint density at radius 1 is 1.30 bits per heavy atom. The molecular formula is C16H16BN3O7.